The molecule has 2 heterocycles. The Morgan fingerprint density at radius 3 is 2.80 bits per heavy atom. The summed E-state index contributed by atoms with van der Waals surface area (Å²) in [6.45, 7) is 4.24. The number of rotatable bonds is 1. The zero-order valence-corrected chi connectivity index (χ0v) is 11.6. The van der Waals surface area contributed by atoms with Crippen LogP contribution in [0.15, 0.2) is 36.4 Å². The van der Waals surface area contributed by atoms with E-state index in [0.29, 0.717) is 0 Å². The van der Waals surface area contributed by atoms with E-state index in [-0.39, 0.29) is 6.10 Å². The summed E-state index contributed by atoms with van der Waals surface area (Å²) in [4.78, 5) is 8.10. The molecule has 0 saturated heterocycles. The number of hydrogen-bond acceptors (Lipinski definition) is 2. The molecule has 1 aliphatic rings. The van der Waals surface area contributed by atoms with Crippen molar-refractivity contribution >= 4 is 11.0 Å². The SMILES string of the molecule is Cc1cc2nc(C3Cc4ccccc4O3)[nH]c2cc1C. The molecule has 0 bridgehead atoms. The van der Waals surface area contributed by atoms with Gasteiger partial charge in [0.2, 0.25) is 0 Å². The summed E-state index contributed by atoms with van der Waals surface area (Å²) < 4.78 is 5.99. The number of ether oxygens (including phenoxy) is 1. The van der Waals surface area contributed by atoms with Crippen molar-refractivity contribution in [2.75, 3.05) is 0 Å². The molecule has 20 heavy (non-hydrogen) atoms. The minimum absolute atomic E-state index is 0.000382. The number of para-hydroxylation sites is 1. The van der Waals surface area contributed by atoms with Gasteiger partial charge in [-0.3, -0.25) is 0 Å². The van der Waals surface area contributed by atoms with Gasteiger partial charge < -0.3 is 9.72 Å². The van der Waals surface area contributed by atoms with E-state index in [4.69, 9.17) is 9.72 Å². The molecule has 4 rings (SSSR count). The Labute approximate surface area is 117 Å². The van der Waals surface area contributed by atoms with Crippen LogP contribution in [-0.2, 0) is 6.42 Å². The van der Waals surface area contributed by atoms with E-state index >= 15 is 0 Å². The van der Waals surface area contributed by atoms with E-state index in [1.807, 2.05) is 12.1 Å². The van der Waals surface area contributed by atoms with Gasteiger partial charge in [-0.05, 0) is 48.7 Å². The molecule has 0 radical (unpaired) electrons. The van der Waals surface area contributed by atoms with Crippen LogP contribution in [-0.4, -0.2) is 9.97 Å². The molecule has 1 aliphatic heterocycles. The van der Waals surface area contributed by atoms with Crippen LogP contribution >= 0.6 is 0 Å². The minimum atomic E-state index is 0.000382. The van der Waals surface area contributed by atoms with Gasteiger partial charge in [0.25, 0.3) is 0 Å². The maximum Gasteiger partial charge on any atom is 0.160 e. The zero-order chi connectivity index (χ0) is 13.7. The van der Waals surface area contributed by atoms with E-state index < -0.39 is 0 Å². The Morgan fingerprint density at radius 1 is 1.15 bits per heavy atom. The molecule has 100 valence electrons. The van der Waals surface area contributed by atoms with Crippen molar-refractivity contribution in [3.05, 3.63) is 58.9 Å². The molecule has 1 N–H and O–H groups in total. The van der Waals surface area contributed by atoms with E-state index in [1.54, 1.807) is 0 Å². The van der Waals surface area contributed by atoms with Gasteiger partial charge in [0.1, 0.15) is 11.6 Å². The number of H-pyrrole nitrogens is 1. The number of hydrogen-bond donors (Lipinski definition) is 1. The van der Waals surface area contributed by atoms with Crippen LogP contribution < -0.4 is 4.74 Å². The first-order chi connectivity index (χ1) is 9.70. The summed E-state index contributed by atoms with van der Waals surface area (Å²) in [5, 5.41) is 0. The lowest BCUT2D eigenvalue weighted by atomic mass is 10.1. The zero-order valence-electron chi connectivity index (χ0n) is 11.6. The van der Waals surface area contributed by atoms with Gasteiger partial charge in [-0.15, -0.1) is 0 Å². The lowest BCUT2D eigenvalue weighted by Gasteiger charge is -2.06. The highest BCUT2D eigenvalue weighted by atomic mass is 16.5. The molecule has 2 aromatic carbocycles. The van der Waals surface area contributed by atoms with Crippen molar-refractivity contribution < 1.29 is 4.74 Å². The van der Waals surface area contributed by atoms with Crippen LogP contribution in [0.1, 0.15) is 28.6 Å². The molecule has 3 nitrogen and oxygen atoms in total. The molecule has 0 saturated carbocycles. The fourth-order valence-corrected chi connectivity index (χ4v) is 2.78. The number of imidazole rings is 1. The fraction of sp³-hybridized carbons (Fsp3) is 0.235. The molecular weight excluding hydrogens is 248 g/mol. The summed E-state index contributed by atoms with van der Waals surface area (Å²) in [5.41, 5.74) is 5.91. The second-order valence-electron chi connectivity index (χ2n) is 5.49. The fourth-order valence-electron chi connectivity index (χ4n) is 2.78. The van der Waals surface area contributed by atoms with E-state index in [9.17, 15) is 0 Å². The summed E-state index contributed by atoms with van der Waals surface area (Å²) in [6, 6.07) is 12.5. The van der Waals surface area contributed by atoms with Crippen LogP contribution in [0.2, 0.25) is 0 Å². The number of fused-ring (bicyclic) bond motifs is 2. The smallest absolute Gasteiger partial charge is 0.160 e. The predicted molar refractivity (Wildman–Crippen MR) is 79.1 cm³/mol. The minimum Gasteiger partial charge on any atom is -0.482 e. The number of nitrogens with zero attached hydrogens (tertiary/aromatic N) is 1. The topological polar surface area (TPSA) is 37.9 Å². The van der Waals surface area contributed by atoms with Crippen molar-refractivity contribution in [3.8, 4) is 5.75 Å². The number of nitrogens with one attached hydrogen (secondary N) is 1. The van der Waals surface area contributed by atoms with Gasteiger partial charge >= 0.3 is 0 Å². The second kappa shape index (κ2) is 4.10. The standard InChI is InChI=1S/C17H16N2O/c1-10-7-13-14(8-11(10)2)19-17(18-13)16-9-12-5-3-4-6-15(12)20-16/h3-8,16H,9H2,1-2H3,(H,18,19). The van der Waals surface area contributed by atoms with Gasteiger partial charge in [0.05, 0.1) is 11.0 Å². The Kier molecular flexibility index (Phi) is 2.36. The summed E-state index contributed by atoms with van der Waals surface area (Å²) >= 11 is 0. The molecule has 3 heteroatoms. The molecule has 1 unspecified atom stereocenters. The van der Waals surface area contributed by atoms with Crippen LogP contribution in [0.25, 0.3) is 11.0 Å². The first-order valence-electron chi connectivity index (χ1n) is 6.92. The molecule has 1 atom stereocenters. The molecule has 0 spiro atoms. The average molecular weight is 264 g/mol. The normalized spacial score (nSPS) is 17.2. The first kappa shape index (κ1) is 11.5. The molecule has 3 aromatic rings. The number of aromatic amines is 1. The maximum absolute atomic E-state index is 5.99. The summed E-state index contributed by atoms with van der Waals surface area (Å²) in [7, 11) is 0. The third-order valence-corrected chi connectivity index (χ3v) is 4.07. The first-order valence-corrected chi connectivity index (χ1v) is 6.92. The number of aryl methyl sites for hydroxylation is 2. The summed E-state index contributed by atoms with van der Waals surface area (Å²) in [5.74, 6) is 1.89. The van der Waals surface area contributed by atoms with Crippen molar-refractivity contribution in [3.63, 3.8) is 0 Å². The van der Waals surface area contributed by atoms with E-state index in [0.717, 1.165) is 29.0 Å². The maximum atomic E-state index is 5.99. The Balaban J connectivity index is 1.74. The van der Waals surface area contributed by atoms with Crippen molar-refractivity contribution in [2.45, 2.75) is 26.4 Å². The largest absolute Gasteiger partial charge is 0.482 e. The molecule has 1 aromatic heterocycles. The van der Waals surface area contributed by atoms with Gasteiger partial charge in [-0.2, -0.15) is 0 Å². The quantitative estimate of drug-likeness (QED) is 0.724. The Bertz CT molecular complexity index is 740. The predicted octanol–water partition coefficient (Wildman–Crippen LogP) is 3.86. The van der Waals surface area contributed by atoms with Crippen molar-refractivity contribution in [1.29, 1.82) is 0 Å². The van der Waals surface area contributed by atoms with Gasteiger partial charge in [0.15, 0.2) is 6.10 Å². The van der Waals surface area contributed by atoms with Crippen LogP contribution in [0.4, 0.5) is 0 Å². The monoisotopic (exact) mass is 264 g/mol. The molecular formula is C17H16N2O. The highest BCUT2D eigenvalue weighted by molar-refractivity contribution is 5.77. The lowest BCUT2D eigenvalue weighted by Crippen LogP contribution is -2.05. The van der Waals surface area contributed by atoms with Crippen LogP contribution in [0.5, 0.6) is 5.75 Å². The van der Waals surface area contributed by atoms with E-state index in [1.165, 1.54) is 16.7 Å². The van der Waals surface area contributed by atoms with Gasteiger partial charge in [-0.1, -0.05) is 18.2 Å². The third kappa shape index (κ3) is 1.70. The molecule has 0 amide bonds. The summed E-state index contributed by atoms with van der Waals surface area (Å²) in [6.07, 6.45) is 0.883. The van der Waals surface area contributed by atoms with Crippen LogP contribution in [0.3, 0.4) is 0 Å². The highest BCUT2D eigenvalue weighted by Crippen LogP contribution is 2.35. The number of benzene rings is 2. The Hall–Kier alpha value is -2.29. The highest BCUT2D eigenvalue weighted by Gasteiger charge is 2.26. The number of aromatic nitrogens is 2. The second-order valence-corrected chi connectivity index (χ2v) is 5.49. The van der Waals surface area contributed by atoms with Crippen molar-refractivity contribution in [2.24, 2.45) is 0 Å². The molecule has 0 aliphatic carbocycles. The molecule has 0 fully saturated rings. The van der Waals surface area contributed by atoms with Gasteiger partial charge in [-0.25, -0.2) is 4.98 Å². The van der Waals surface area contributed by atoms with Gasteiger partial charge in [0, 0.05) is 6.42 Å². The van der Waals surface area contributed by atoms with Crippen molar-refractivity contribution in [1.82, 2.24) is 9.97 Å². The average Bonchev–Trinajstić information content (AvgIpc) is 3.02. The Morgan fingerprint density at radius 2 is 1.95 bits per heavy atom. The van der Waals surface area contributed by atoms with E-state index in [2.05, 4.69) is 43.1 Å². The van der Waals surface area contributed by atoms with Crippen LogP contribution in [0, 0.1) is 13.8 Å². The third-order valence-electron chi connectivity index (χ3n) is 4.07. The lowest BCUT2D eigenvalue weighted by molar-refractivity contribution is 0.229.